The number of esters is 1. The number of carbonyl (C=O) groups excluding carboxylic acids is 4. The Bertz CT molecular complexity index is 2220. The Morgan fingerprint density at radius 1 is 0.942 bits per heavy atom. The minimum atomic E-state index is -2.53. The quantitative estimate of drug-likeness (QED) is 0.124. The fraction of sp³-hybridized carbons (Fsp3) is 0.636. The van der Waals surface area contributed by atoms with E-state index >= 15 is 0 Å². The Labute approximate surface area is 409 Å². The van der Waals surface area contributed by atoms with E-state index in [1.165, 1.54) is 19.1 Å². The van der Waals surface area contributed by atoms with Crippen molar-refractivity contribution >= 4 is 40.0 Å². The highest BCUT2D eigenvalue weighted by atomic mass is 16.7. The van der Waals surface area contributed by atoms with E-state index in [9.17, 15) is 34.5 Å². The Balaban J connectivity index is 1.30. The van der Waals surface area contributed by atoms with E-state index in [2.05, 4.69) is 46.9 Å². The number of hydrogen-bond acceptors (Lipinski definition) is 12. The van der Waals surface area contributed by atoms with Gasteiger partial charge in [-0.1, -0.05) is 50.6 Å². The predicted octanol–water partition coefficient (Wildman–Crippen LogP) is 7.27. The van der Waals surface area contributed by atoms with Crippen molar-refractivity contribution in [2.75, 3.05) is 32.7 Å². The van der Waals surface area contributed by atoms with Crippen LogP contribution in [0, 0.1) is 29.6 Å². The van der Waals surface area contributed by atoms with E-state index in [0.717, 1.165) is 28.6 Å². The number of amides is 1. The lowest BCUT2D eigenvalue weighted by molar-refractivity contribution is -0.302. The molecule has 69 heavy (non-hydrogen) atoms. The average molecular weight is 958 g/mol. The topological polar surface area (TPSA) is 177 Å². The first kappa shape index (κ1) is 53.9. The number of aliphatic hydroxyl groups excluding tert-OH is 2. The molecule has 14 heteroatoms. The number of methoxy groups -OCH3 is 2. The molecule has 1 aliphatic carbocycles. The van der Waals surface area contributed by atoms with Gasteiger partial charge in [0.1, 0.15) is 24.0 Å². The van der Waals surface area contributed by atoms with Crippen LogP contribution in [0.15, 0.2) is 79.1 Å². The van der Waals surface area contributed by atoms with Crippen molar-refractivity contribution in [3.8, 4) is 0 Å². The number of ether oxygens (including phenoxy) is 4. The molecule has 3 aliphatic heterocycles. The SMILES string of the molecule is C=CCC1/C=C(\C)CC(C)CC(OC)C2OC(O)(C(=O)C(=O)N3CCCCC3C(=O)OC(C(C)=CC3CCC(N(C)c4ccc5c(ccn5CC=C)c4)C(O)C3)C(C)C(O)CC1=O)C(C)CC2OC. The monoisotopic (exact) mass is 958 g/mol. The first-order chi connectivity index (χ1) is 32.8. The van der Waals surface area contributed by atoms with Crippen LogP contribution in [0.3, 0.4) is 0 Å². The number of piperidine rings is 1. The zero-order valence-corrected chi connectivity index (χ0v) is 42.3. The summed E-state index contributed by atoms with van der Waals surface area (Å²) in [6.45, 7) is 17.8. The number of allylic oxidation sites excluding steroid dienone is 5. The second-order valence-corrected chi connectivity index (χ2v) is 20.7. The van der Waals surface area contributed by atoms with Crippen LogP contribution in [0.25, 0.3) is 10.9 Å². The summed E-state index contributed by atoms with van der Waals surface area (Å²) in [6, 6.07) is 7.08. The summed E-state index contributed by atoms with van der Waals surface area (Å²) in [5.74, 6) is -7.95. The highest BCUT2D eigenvalue weighted by Gasteiger charge is 2.56. The van der Waals surface area contributed by atoms with Gasteiger partial charge in [-0.05, 0) is 120 Å². The standard InChI is InChI=1S/C55H79N3O11/c1-11-15-40-26-33(3)25-34(4)27-48(66-9)51-49(67-10)29-36(6)55(65,69-51)52(62)53(63)58-23-14-13-16-44(58)54(64)68-50(37(7)45(59)32-46(40)60)35(5)28-38-17-19-43(47(61)30-38)56(8)41-18-20-42-39(31-41)21-24-57(42)22-12-2/h11-12,18,20-21,24,26,28,31,34,36-38,40,43-45,47-51,59,61,65H,1-2,13-17,19,22-23,25,27,29-30,32H2,3-10H3/b33-26+,35-28?. The van der Waals surface area contributed by atoms with E-state index in [-0.39, 0.29) is 49.5 Å². The van der Waals surface area contributed by atoms with Gasteiger partial charge in [-0.3, -0.25) is 14.4 Å². The zero-order chi connectivity index (χ0) is 50.3. The molecule has 1 saturated carbocycles. The number of aromatic nitrogens is 1. The largest absolute Gasteiger partial charge is 0.456 e. The van der Waals surface area contributed by atoms with E-state index in [4.69, 9.17) is 18.9 Å². The first-order valence-electron chi connectivity index (χ1n) is 25.1. The van der Waals surface area contributed by atoms with Crippen molar-refractivity contribution < 1.29 is 53.4 Å². The number of Topliss-reactive ketones (excluding diaryl/α,β-unsaturated/α-hetero) is 2. The number of benzene rings is 1. The summed E-state index contributed by atoms with van der Waals surface area (Å²) in [7, 11) is 5.07. The number of nitrogens with zero attached hydrogens (tertiary/aromatic N) is 3. The minimum absolute atomic E-state index is 0.00218. The second-order valence-electron chi connectivity index (χ2n) is 20.7. The number of carbonyl (C=O) groups is 4. The first-order valence-corrected chi connectivity index (χ1v) is 25.1. The molecule has 14 nitrogen and oxygen atoms in total. The van der Waals surface area contributed by atoms with Gasteiger partial charge in [-0.15, -0.1) is 13.2 Å². The van der Waals surface area contributed by atoms with Crippen LogP contribution < -0.4 is 4.90 Å². The lowest BCUT2D eigenvalue weighted by atomic mass is 9.80. The molecule has 2 aromatic rings. The maximum atomic E-state index is 14.6. The van der Waals surface area contributed by atoms with Gasteiger partial charge in [0, 0.05) is 81.3 Å². The van der Waals surface area contributed by atoms with Crippen LogP contribution in [-0.2, 0) is 44.7 Å². The lowest BCUT2D eigenvalue weighted by Gasteiger charge is -2.47. The van der Waals surface area contributed by atoms with Gasteiger partial charge < -0.3 is 48.6 Å². The highest BCUT2D eigenvalue weighted by Crippen LogP contribution is 2.40. The highest BCUT2D eigenvalue weighted by molar-refractivity contribution is 6.39. The third-order valence-electron chi connectivity index (χ3n) is 15.6. The van der Waals surface area contributed by atoms with Gasteiger partial charge in [0.15, 0.2) is 0 Å². The van der Waals surface area contributed by atoms with E-state index in [1.807, 2.05) is 52.2 Å². The zero-order valence-electron chi connectivity index (χ0n) is 42.3. The molecule has 14 unspecified atom stereocenters. The number of hydrogen-bond donors (Lipinski definition) is 3. The van der Waals surface area contributed by atoms with Gasteiger partial charge in [0.25, 0.3) is 11.7 Å². The molecule has 14 atom stereocenters. The third kappa shape index (κ3) is 12.2. The smallest absolute Gasteiger partial charge is 0.329 e. The van der Waals surface area contributed by atoms with Crippen molar-refractivity contribution in [3.63, 3.8) is 0 Å². The molecule has 3 fully saturated rings. The Morgan fingerprint density at radius 2 is 1.67 bits per heavy atom. The third-order valence-corrected chi connectivity index (χ3v) is 15.6. The van der Waals surface area contributed by atoms with Crippen molar-refractivity contribution in [1.29, 1.82) is 0 Å². The molecule has 6 rings (SSSR count). The second kappa shape index (κ2) is 23.6. The van der Waals surface area contributed by atoms with Gasteiger partial charge in [-0.2, -0.15) is 0 Å². The molecule has 2 bridgehead atoms. The van der Waals surface area contributed by atoms with Gasteiger partial charge in [0.2, 0.25) is 5.79 Å². The average Bonchev–Trinajstić information content (AvgIpc) is 3.73. The number of fused-ring (bicyclic) bond motifs is 4. The van der Waals surface area contributed by atoms with Crippen molar-refractivity contribution in [2.45, 2.75) is 166 Å². The van der Waals surface area contributed by atoms with E-state index in [1.54, 1.807) is 19.9 Å². The Hall–Kier alpha value is -4.44. The van der Waals surface area contributed by atoms with Crippen LogP contribution in [0.2, 0.25) is 0 Å². The van der Waals surface area contributed by atoms with Crippen LogP contribution >= 0.6 is 0 Å². The summed E-state index contributed by atoms with van der Waals surface area (Å²) in [5, 5.41) is 36.9. The number of aliphatic hydroxyl groups is 3. The lowest BCUT2D eigenvalue weighted by Crippen LogP contribution is -2.64. The predicted molar refractivity (Wildman–Crippen MR) is 266 cm³/mol. The molecule has 1 aromatic heterocycles. The van der Waals surface area contributed by atoms with Crippen molar-refractivity contribution in [3.05, 3.63) is 79.1 Å². The van der Waals surface area contributed by atoms with Crippen molar-refractivity contribution in [1.82, 2.24) is 9.47 Å². The van der Waals surface area contributed by atoms with E-state index in [0.29, 0.717) is 57.1 Å². The molecule has 4 aliphatic rings. The number of cyclic esters (lactones) is 1. The number of rotatable bonds is 10. The molecule has 4 heterocycles. The molecule has 1 amide bonds. The number of anilines is 1. The number of ketones is 2. The molecule has 0 radical (unpaired) electrons. The molecule has 3 N–H and O–H groups in total. The molecular weight excluding hydrogens is 879 g/mol. The Kier molecular flexibility index (Phi) is 18.5. The summed E-state index contributed by atoms with van der Waals surface area (Å²) in [5.41, 5.74) is 3.71. The molecule has 1 aromatic carbocycles. The fourth-order valence-corrected chi connectivity index (χ4v) is 11.5. The summed E-state index contributed by atoms with van der Waals surface area (Å²) >= 11 is 0. The maximum absolute atomic E-state index is 14.6. The summed E-state index contributed by atoms with van der Waals surface area (Å²) in [6.07, 6.45) is 9.09. The normalized spacial score (nSPS) is 35.9. The summed E-state index contributed by atoms with van der Waals surface area (Å²) in [4.78, 5) is 60.8. The van der Waals surface area contributed by atoms with Gasteiger partial charge in [-0.25, -0.2) is 4.79 Å². The molecule has 2 saturated heterocycles. The molecule has 380 valence electrons. The van der Waals surface area contributed by atoms with Gasteiger partial charge >= 0.3 is 5.97 Å². The molecular formula is C55H79N3O11. The fourth-order valence-electron chi connectivity index (χ4n) is 11.5. The summed E-state index contributed by atoms with van der Waals surface area (Å²) < 4.78 is 26.6. The Morgan fingerprint density at radius 3 is 2.35 bits per heavy atom. The van der Waals surface area contributed by atoms with Gasteiger partial charge in [0.05, 0.1) is 30.5 Å². The minimum Gasteiger partial charge on any atom is -0.456 e. The maximum Gasteiger partial charge on any atom is 0.329 e. The van der Waals surface area contributed by atoms with Crippen LogP contribution in [0.5, 0.6) is 0 Å². The van der Waals surface area contributed by atoms with Crippen molar-refractivity contribution in [2.24, 2.45) is 29.6 Å². The van der Waals surface area contributed by atoms with Crippen LogP contribution in [-0.4, -0.2) is 131 Å². The van der Waals surface area contributed by atoms with Crippen LogP contribution in [0.4, 0.5) is 5.69 Å². The molecule has 0 spiro atoms. The van der Waals surface area contributed by atoms with E-state index < -0.39 is 83.9 Å². The van der Waals surface area contributed by atoms with Crippen LogP contribution in [0.1, 0.15) is 105 Å². The number of likely N-dealkylation sites (N-methyl/N-ethyl adjacent to an activating group) is 1.